The first-order valence-electron chi connectivity index (χ1n) is 8.81. The topological polar surface area (TPSA) is 71.4 Å². The summed E-state index contributed by atoms with van der Waals surface area (Å²) in [5, 5.41) is 13.3. The summed E-state index contributed by atoms with van der Waals surface area (Å²) >= 11 is 0. The fourth-order valence-electron chi connectivity index (χ4n) is 2.81. The third kappa shape index (κ3) is 4.38. The van der Waals surface area contributed by atoms with Crippen LogP contribution in [0.25, 0.3) is 0 Å². The van der Waals surface area contributed by atoms with Crippen LogP contribution in [0.2, 0.25) is 0 Å². The van der Waals surface area contributed by atoms with Gasteiger partial charge >= 0.3 is 0 Å². The third-order valence-corrected chi connectivity index (χ3v) is 4.50. The average Bonchev–Trinajstić information content (AvgIpc) is 3.12. The van der Waals surface area contributed by atoms with E-state index in [9.17, 15) is 27.5 Å². The summed E-state index contributed by atoms with van der Waals surface area (Å²) in [5.41, 5.74) is -3.51. The predicted molar refractivity (Wildman–Crippen MR) is 98.9 cm³/mol. The standard InChI is InChI=1S/C20H18F4N2O4/c1-29-14-6-8-15(9-7-14)30-11-12-2-4-13(5-3-12)18(27)26-20(28,19(23)24)10-16(25-26)17(21)22/h2-9,17,19,28H,10-11H2,1H3. The highest BCUT2D eigenvalue weighted by Crippen LogP contribution is 2.34. The van der Waals surface area contributed by atoms with Crippen LogP contribution in [0.3, 0.4) is 0 Å². The largest absolute Gasteiger partial charge is 0.497 e. The summed E-state index contributed by atoms with van der Waals surface area (Å²) in [5.74, 6) is 0.147. The first-order chi connectivity index (χ1) is 14.2. The molecule has 1 unspecified atom stereocenters. The number of alkyl halides is 4. The minimum atomic E-state index is -3.47. The van der Waals surface area contributed by atoms with Gasteiger partial charge in [-0.1, -0.05) is 12.1 Å². The molecule has 3 rings (SSSR count). The Morgan fingerprint density at radius 1 is 1.10 bits per heavy atom. The summed E-state index contributed by atoms with van der Waals surface area (Å²) in [6.07, 6.45) is -7.76. The number of carbonyl (C=O) groups excluding carboxylic acids is 1. The molecule has 1 aliphatic heterocycles. The van der Waals surface area contributed by atoms with Gasteiger partial charge < -0.3 is 14.6 Å². The van der Waals surface area contributed by atoms with Crippen LogP contribution in [-0.4, -0.2) is 47.4 Å². The molecule has 0 saturated heterocycles. The predicted octanol–water partition coefficient (Wildman–Crippen LogP) is 3.69. The lowest BCUT2D eigenvalue weighted by Gasteiger charge is -2.30. The van der Waals surface area contributed by atoms with E-state index >= 15 is 0 Å². The molecular weight excluding hydrogens is 408 g/mol. The van der Waals surface area contributed by atoms with Gasteiger partial charge in [0.2, 0.25) is 5.72 Å². The molecule has 6 nitrogen and oxygen atoms in total. The van der Waals surface area contributed by atoms with Gasteiger partial charge in [-0.25, -0.2) is 17.6 Å². The second kappa shape index (κ2) is 8.70. The maximum atomic E-state index is 13.3. The van der Waals surface area contributed by atoms with E-state index in [1.54, 1.807) is 31.4 Å². The normalized spacial score (nSPS) is 18.7. The highest BCUT2D eigenvalue weighted by Gasteiger charge is 2.53. The van der Waals surface area contributed by atoms with E-state index in [0.717, 1.165) is 0 Å². The smallest absolute Gasteiger partial charge is 0.287 e. The lowest BCUT2D eigenvalue weighted by Crippen LogP contribution is -2.51. The molecule has 1 aliphatic rings. The molecular formula is C20H18F4N2O4. The molecule has 0 radical (unpaired) electrons. The number of halogens is 4. The van der Waals surface area contributed by atoms with E-state index in [2.05, 4.69) is 5.10 Å². The quantitative estimate of drug-likeness (QED) is 0.686. The highest BCUT2D eigenvalue weighted by molar-refractivity contribution is 5.99. The highest BCUT2D eigenvalue weighted by atomic mass is 19.3. The van der Waals surface area contributed by atoms with E-state index in [1.807, 2.05) is 0 Å². The summed E-state index contributed by atoms with van der Waals surface area (Å²) in [6.45, 7) is 0.166. The lowest BCUT2D eigenvalue weighted by atomic mass is 10.1. The number of ether oxygens (including phenoxy) is 2. The first-order valence-corrected chi connectivity index (χ1v) is 8.81. The summed E-state index contributed by atoms with van der Waals surface area (Å²) in [4.78, 5) is 12.5. The van der Waals surface area contributed by atoms with Gasteiger partial charge in [0.25, 0.3) is 18.8 Å². The van der Waals surface area contributed by atoms with Crippen LogP contribution in [0.5, 0.6) is 11.5 Å². The van der Waals surface area contributed by atoms with Crippen LogP contribution in [0.15, 0.2) is 53.6 Å². The minimum absolute atomic E-state index is 0.0298. The fourth-order valence-corrected chi connectivity index (χ4v) is 2.81. The molecule has 0 aliphatic carbocycles. The van der Waals surface area contributed by atoms with Crippen LogP contribution < -0.4 is 9.47 Å². The van der Waals surface area contributed by atoms with Crippen molar-refractivity contribution in [3.05, 3.63) is 59.7 Å². The van der Waals surface area contributed by atoms with Crippen LogP contribution in [0.4, 0.5) is 17.6 Å². The van der Waals surface area contributed by atoms with Crippen molar-refractivity contribution in [3.63, 3.8) is 0 Å². The number of aliphatic hydroxyl groups is 1. The second-order valence-electron chi connectivity index (χ2n) is 6.53. The van der Waals surface area contributed by atoms with Crippen molar-refractivity contribution >= 4 is 11.6 Å². The van der Waals surface area contributed by atoms with Gasteiger partial charge in [-0.15, -0.1) is 0 Å². The Kier molecular flexibility index (Phi) is 6.25. The molecule has 0 bridgehead atoms. The Labute approximate surface area is 169 Å². The van der Waals surface area contributed by atoms with Gasteiger partial charge in [0.15, 0.2) is 0 Å². The summed E-state index contributed by atoms with van der Waals surface area (Å²) < 4.78 is 62.9. The number of nitrogens with zero attached hydrogens (tertiary/aromatic N) is 2. The van der Waals surface area contributed by atoms with E-state index in [1.165, 1.54) is 24.3 Å². The van der Waals surface area contributed by atoms with Gasteiger partial charge in [-0.2, -0.15) is 10.1 Å². The molecule has 30 heavy (non-hydrogen) atoms. The summed E-state index contributed by atoms with van der Waals surface area (Å²) in [7, 11) is 1.54. The molecule has 1 N–H and O–H groups in total. The number of hydrazone groups is 1. The van der Waals surface area contributed by atoms with Crippen molar-refractivity contribution in [1.82, 2.24) is 5.01 Å². The number of hydrogen-bond donors (Lipinski definition) is 1. The molecule has 1 heterocycles. The van der Waals surface area contributed by atoms with Gasteiger partial charge in [0, 0.05) is 12.0 Å². The molecule has 0 aromatic heterocycles. The second-order valence-corrected chi connectivity index (χ2v) is 6.53. The average molecular weight is 426 g/mol. The summed E-state index contributed by atoms with van der Waals surface area (Å²) in [6, 6.07) is 12.6. The molecule has 0 spiro atoms. The zero-order valence-corrected chi connectivity index (χ0v) is 15.8. The fraction of sp³-hybridized carbons (Fsp3) is 0.300. The van der Waals surface area contributed by atoms with Crippen LogP contribution in [-0.2, 0) is 6.61 Å². The zero-order chi connectivity index (χ0) is 21.9. The first kappa shape index (κ1) is 21.6. The van der Waals surface area contributed by atoms with Gasteiger partial charge in [-0.05, 0) is 42.0 Å². The molecule has 0 saturated carbocycles. The van der Waals surface area contributed by atoms with Crippen molar-refractivity contribution in [2.45, 2.75) is 31.6 Å². The van der Waals surface area contributed by atoms with Crippen molar-refractivity contribution in [2.75, 3.05) is 7.11 Å². The number of methoxy groups -OCH3 is 1. The SMILES string of the molecule is COc1ccc(OCc2ccc(C(=O)N3N=C(C(F)F)CC3(O)C(F)F)cc2)cc1. The van der Waals surface area contributed by atoms with Crippen LogP contribution >= 0.6 is 0 Å². The number of hydrogen-bond acceptors (Lipinski definition) is 5. The van der Waals surface area contributed by atoms with Gasteiger partial charge in [0.1, 0.15) is 23.8 Å². The van der Waals surface area contributed by atoms with Crippen molar-refractivity contribution in [2.24, 2.45) is 5.10 Å². The van der Waals surface area contributed by atoms with Crippen LogP contribution in [0, 0.1) is 0 Å². The van der Waals surface area contributed by atoms with Gasteiger partial charge in [-0.3, -0.25) is 4.79 Å². The van der Waals surface area contributed by atoms with Crippen LogP contribution in [0.1, 0.15) is 22.3 Å². The molecule has 2 aromatic carbocycles. The maximum Gasteiger partial charge on any atom is 0.287 e. The van der Waals surface area contributed by atoms with Crippen molar-refractivity contribution < 1.29 is 36.9 Å². The number of amides is 1. The Morgan fingerprint density at radius 3 is 2.23 bits per heavy atom. The Morgan fingerprint density at radius 2 is 1.70 bits per heavy atom. The van der Waals surface area contributed by atoms with E-state index in [-0.39, 0.29) is 17.2 Å². The molecule has 0 fully saturated rings. The molecule has 2 aromatic rings. The molecule has 1 amide bonds. The lowest BCUT2D eigenvalue weighted by molar-refractivity contribution is -0.164. The Bertz CT molecular complexity index is 919. The monoisotopic (exact) mass is 426 g/mol. The molecule has 160 valence electrons. The van der Waals surface area contributed by atoms with Crippen molar-refractivity contribution in [3.8, 4) is 11.5 Å². The van der Waals surface area contributed by atoms with Crippen molar-refractivity contribution in [1.29, 1.82) is 0 Å². The Balaban J connectivity index is 1.70. The third-order valence-electron chi connectivity index (χ3n) is 4.50. The maximum absolute atomic E-state index is 13.3. The van der Waals surface area contributed by atoms with E-state index in [0.29, 0.717) is 17.1 Å². The number of benzene rings is 2. The molecule has 1 atom stereocenters. The zero-order valence-electron chi connectivity index (χ0n) is 15.8. The van der Waals surface area contributed by atoms with E-state index < -0.39 is 36.6 Å². The van der Waals surface area contributed by atoms with E-state index in [4.69, 9.17) is 9.47 Å². The Hall–Kier alpha value is -3.14. The number of rotatable bonds is 7. The van der Waals surface area contributed by atoms with Gasteiger partial charge in [0.05, 0.1) is 7.11 Å². The molecule has 10 heteroatoms. The number of carbonyl (C=O) groups is 1. The minimum Gasteiger partial charge on any atom is -0.497 e.